The minimum atomic E-state index is 0.114. The first-order valence-electron chi connectivity index (χ1n) is 6.35. The van der Waals surface area contributed by atoms with Gasteiger partial charge in [-0.15, -0.1) is 11.3 Å². The van der Waals surface area contributed by atoms with E-state index in [-0.39, 0.29) is 6.04 Å². The van der Waals surface area contributed by atoms with Crippen molar-refractivity contribution in [2.24, 2.45) is 0 Å². The van der Waals surface area contributed by atoms with Crippen LogP contribution in [0, 0.1) is 0 Å². The highest BCUT2D eigenvalue weighted by atomic mass is 79.9. The zero-order valence-electron chi connectivity index (χ0n) is 11.4. The van der Waals surface area contributed by atoms with Gasteiger partial charge in [0, 0.05) is 16.5 Å². The first-order chi connectivity index (χ1) is 9.69. The number of rotatable bonds is 7. The summed E-state index contributed by atoms with van der Waals surface area (Å²) in [5, 5.41) is 10.1. The van der Waals surface area contributed by atoms with Gasteiger partial charge in [-0.3, -0.25) is 4.68 Å². The molecule has 2 rings (SSSR count). The van der Waals surface area contributed by atoms with E-state index in [4.69, 9.17) is 4.74 Å². The van der Waals surface area contributed by atoms with E-state index in [2.05, 4.69) is 60.6 Å². The Morgan fingerprint density at radius 2 is 2.25 bits per heavy atom. The third-order valence-electron chi connectivity index (χ3n) is 2.93. The number of hydrogen-bond acceptors (Lipinski definition) is 4. The van der Waals surface area contributed by atoms with Crippen LogP contribution >= 0.6 is 43.2 Å². The van der Waals surface area contributed by atoms with Crippen molar-refractivity contribution in [3.8, 4) is 0 Å². The fourth-order valence-corrected chi connectivity index (χ4v) is 4.25. The van der Waals surface area contributed by atoms with E-state index in [1.807, 2.05) is 10.9 Å². The van der Waals surface area contributed by atoms with Crippen LogP contribution in [0.3, 0.4) is 0 Å². The van der Waals surface area contributed by atoms with E-state index in [0.29, 0.717) is 6.61 Å². The SMILES string of the molecule is CCNC(c1sccc1Br)c1c(Br)cnn1CCOC. The number of ether oxygens (including phenoxy) is 1. The van der Waals surface area contributed by atoms with Crippen molar-refractivity contribution in [3.05, 3.63) is 37.2 Å². The van der Waals surface area contributed by atoms with Gasteiger partial charge in [0.1, 0.15) is 0 Å². The summed E-state index contributed by atoms with van der Waals surface area (Å²) in [6.45, 7) is 4.38. The lowest BCUT2D eigenvalue weighted by Gasteiger charge is -2.19. The summed E-state index contributed by atoms with van der Waals surface area (Å²) < 4.78 is 9.29. The predicted octanol–water partition coefficient (Wildman–Crippen LogP) is 3.81. The van der Waals surface area contributed by atoms with Crippen LogP contribution in [0.5, 0.6) is 0 Å². The highest BCUT2D eigenvalue weighted by molar-refractivity contribution is 9.10. The number of nitrogens with one attached hydrogen (secondary N) is 1. The van der Waals surface area contributed by atoms with Gasteiger partial charge in [-0.2, -0.15) is 5.10 Å². The second kappa shape index (κ2) is 7.70. The molecule has 2 heterocycles. The van der Waals surface area contributed by atoms with Crippen LogP contribution in [0.15, 0.2) is 26.6 Å². The largest absolute Gasteiger partial charge is 0.383 e. The van der Waals surface area contributed by atoms with Crippen molar-refractivity contribution >= 4 is 43.2 Å². The van der Waals surface area contributed by atoms with Gasteiger partial charge in [0.15, 0.2) is 0 Å². The highest BCUT2D eigenvalue weighted by Crippen LogP contribution is 2.36. The minimum Gasteiger partial charge on any atom is -0.383 e. The molecular weight excluding hydrogens is 406 g/mol. The van der Waals surface area contributed by atoms with Crippen molar-refractivity contribution in [2.45, 2.75) is 19.5 Å². The number of halogens is 2. The highest BCUT2D eigenvalue weighted by Gasteiger charge is 2.24. The molecule has 1 N–H and O–H groups in total. The molecule has 0 spiro atoms. The maximum absolute atomic E-state index is 5.16. The fraction of sp³-hybridized carbons (Fsp3) is 0.462. The maximum Gasteiger partial charge on any atom is 0.0864 e. The molecule has 110 valence electrons. The number of hydrogen-bond donors (Lipinski definition) is 1. The maximum atomic E-state index is 5.16. The third-order valence-corrected chi connectivity index (χ3v) is 5.48. The fourth-order valence-electron chi connectivity index (χ4n) is 2.04. The lowest BCUT2D eigenvalue weighted by Crippen LogP contribution is -2.25. The molecule has 1 atom stereocenters. The summed E-state index contributed by atoms with van der Waals surface area (Å²) in [6.07, 6.45) is 1.84. The minimum absolute atomic E-state index is 0.114. The first-order valence-corrected chi connectivity index (χ1v) is 8.82. The van der Waals surface area contributed by atoms with Crippen LogP contribution in [0.2, 0.25) is 0 Å². The summed E-state index contributed by atoms with van der Waals surface area (Å²) in [7, 11) is 1.70. The second-order valence-electron chi connectivity index (χ2n) is 4.22. The van der Waals surface area contributed by atoms with E-state index >= 15 is 0 Å². The van der Waals surface area contributed by atoms with Crippen molar-refractivity contribution < 1.29 is 4.74 Å². The van der Waals surface area contributed by atoms with Gasteiger partial charge in [-0.05, 0) is 49.9 Å². The zero-order chi connectivity index (χ0) is 14.5. The lowest BCUT2D eigenvalue weighted by molar-refractivity contribution is 0.182. The van der Waals surface area contributed by atoms with Gasteiger partial charge in [0.25, 0.3) is 0 Å². The molecule has 0 aromatic carbocycles. The van der Waals surface area contributed by atoms with Gasteiger partial charge < -0.3 is 10.1 Å². The quantitative estimate of drug-likeness (QED) is 0.737. The summed E-state index contributed by atoms with van der Waals surface area (Å²) in [5.74, 6) is 0. The Labute approximate surface area is 139 Å². The number of methoxy groups -OCH3 is 1. The Kier molecular flexibility index (Phi) is 6.22. The molecule has 0 radical (unpaired) electrons. The Morgan fingerprint density at radius 3 is 2.85 bits per heavy atom. The molecule has 0 aliphatic carbocycles. The Balaban J connectivity index is 2.39. The number of aromatic nitrogens is 2. The Bertz CT molecular complexity index is 556. The van der Waals surface area contributed by atoms with Gasteiger partial charge in [0.05, 0.1) is 35.6 Å². The smallest absolute Gasteiger partial charge is 0.0864 e. The molecule has 7 heteroatoms. The van der Waals surface area contributed by atoms with Crippen LogP contribution < -0.4 is 5.32 Å². The van der Waals surface area contributed by atoms with Crippen LogP contribution in [0.1, 0.15) is 23.5 Å². The second-order valence-corrected chi connectivity index (χ2v) is 6.87. The van der Waals surface area contributed by atoms with E-state index in [1.54, 1.807) is 18.4 Å². The molecule has 2 aromatic rings. The first kappa shape index (κ1) is 16.2. The molecule has 0 aliphatic rings. The van der Waals surface area contributed by atoms with Gasteiger partial charge in [-0.1, -0.05) is 6.92 Å². The van der Waals surface area contributed by atoms with E-state index < -0.39 is 0 Å². The monoisotopic (exact) mass is 421 g/mol. The van der Waals surface area contributed by atoms with E-state index in [0.717, 1.165) is 27.7 Å². The molecule has 0 fully saturated rings. The standard InChI is InChI=1S/C13H17Br2N3OS/c1-3-16-11(13-9(14)4-7-20-13)12-10(15)8-17-18(12)5-6-19-2/h4,7-8,11,16H,3,5-6H2,1-2H3. The third kappa shape index (κ3) is 3.51. The molecule has 2 aromatic heterocycles. The van der Waals surface area contributed by atoms with Crippen molar-refractivity contribution in [2.75, 3.05) is 20.3 Å². The normalized spacial score (nSPS) is 12.8. The molecule has 20 heavy (non-hydrogen) atoms. The Morgan fingerprint density at radius 1 is 1.45 bits per heavy atom. The molecule has 4 nitrogen and oxygen atoms in total. The molecule has 0 saturated carbocycles. The molecule has 0 bridgehead atoms. The summed E-state index contributed by atoms with van der Waals surface area (Å²) in [5.41, 5.74) is 1.13. The van der Waals surface area contributed by atoms with E-state index in [9.17, 15) is 0 Å². The summed E-state index contributed by atoms with van der Waals surface area (Å²) in [4.78, 5) is 1.26. The lowest BCUT2D eigenvalue weighted by atomic mass is 10.1. The van der Waals surface area contributed by atoms with Crippen molar-refractivity contribution in [1.82, 2.24) is 15.1 Å². The van der Waals surface area contributed by atoms with E-state index in [1.165, 1.54) is 4.88 Å². The molecule has 1 unspecified atom stereocenters. The average molecular weight is 423 g/mol. The van der Waals surface area contributed by atoms with Crippen LogP contribution in [-0.2, 0) is 11.3 Å². The van der Waals surface area contributed by atoms with Gasteiger partial charge in [0.2, 0.25) is 0 Å². The topological polar surface area (TPSA) is 39.1 Å². The average Bonchev–Trinajstić information content (AvgIpc) is 3.01. The summed E-state index contributed by atoms with van der Waals surface area (Å²) >= 11 is 8.97. The van der Waals surface area contributed by atoms with Crippen molar-refractivity contribution in [1.29, 1.82) is 0 Å². The molecule has 0 saturated heterocycles. The molecular formula is C13H17Br2N3OS. The number of nitrogens with zero attached hydrogens (tertiary/aromatic N) is 2. The predicted molar refractivity (Wildman–Crippen MR) is 89.3 cm³/mol. The van der Waals surface area contributed by atoms with Crippen molar-refractivity contribution in [3.63, 3.8) is 0 Å². The van der Waals surface area contributed by atoms with Crippen LogP contribution in [0.4, 0.5) is 0 Å². The molecule has 0 aliphatic heterocycles. The van der Waals surface area contributed by atoms with Gasteiger partial charge in [-0.25, -0.2) is 0 Å². The Hall–Kier alpha value is -0.210. The zero-order valence-corrected chi connectivity index (χ0v) is 15.4. The van der Waals surface area contributed by atoms with Crippen LogP contribution in [-0.4, -0.2) is 30.0 Å². The summed E-state index contributed by atoms with van der Waals surface area (Å²) in [6, 6.07) is 2.19. The van der Waals surface area contributed by atoms with Gasteiger partial charge >= 0.3 is 0 Å². The number of thiophene rings is 1. The van der Waals surface area contributed by atoms with Crippen LogP contribution in [0.25, 0.3) is 0 Å². The molecule has 0 amide bonds.